The molecule has 2 rings (SSSR count). The molecule has 0 radical (unpaired) electrons. The van der Waals surface area contributed by atoms with E-state index in [9.17, 15) is 13.2 Å². The molecular weight excluding hydrogens is 292 g/mol. The lowest BCUT2D eigenvalue weighted by molar-refractivity contribution is -0.142. The molecule has 1 saturated carbocycles. The van der Waals surface area contributed by atoms with Crippen molar-refractivity contribution in [3.8, 4) is 0 Å². The van der Waals surface area contributed by atoms with Crippen molar-refractivity contribution in [3.63, 3.8) is 0 Å². The molecule has 122 valence electrons. The monoisotopic (exact) mass is 318 g/mol. The van der Waals surface area contributed by atoms with Gasteiger partial charge in [-0.05, 0) is 31.6 Å². The van der Waals surface area contributed by atoms with Crippen molar-refractivity contribution in [1.29, 1.82) is 0 Å². The molecule has 21 heavy (non-hydrogen) atoms. The van der Waals surface area contributed by atoms with E-state index in [4.69, 9.17) is 5.11 Å². The molecule has 2 fully saturated rings. The topological polar surface area (TPSA) is 77.9 Å². The number of carboxylic acids is 1. The van der Waals surface area contributed by atoms with E-state index in [1.807, 2.05) is 0 Å². The first-order valence-corrected chi connectivity index (χ1v) is 9.25. The van der Waals surface area contributed by atoms with Crippen molar-refractivity contribution in [1.82, 2.24) is 8.61 Å². The van der Waals surface area contributed by atoms with Crippen molar-refractivity contribution < 1.29 is 18.3 Å². The van der Waals surface area contributed by atoms with Crippen LogP contribution in [-0.2, 0) is 15.0 Å². The SMILES string of the molecule is CN(CC1CCCCC1)S(=O)(=O)N1CCC(C(=O)O)CC1. The number of hydrogen-bond donors (Lipinski definition) is 1. The second-order valence-electron chi connectivity index (χ2n) is 6.30. The molecule has 7 heteroatoms. The summed E-state index contributed by atoms with van der Waals surface area (Å²) in [6.07, 6.45) is 6.69. The fourth-order valence-electron chi connectivity index (χ4n) is 3.36. The Hall–Kier alpha value is -0.660. The van der Waals surface area contributed by atoms with E-state index in [2.05, 4.69) is 0 Å². The van der Waals surface area contributed by atoms with Crippen LogP contribution in [0.25, 0.3) is 0 Å². The molecular formula is C14H26N2O4S. The van der Waals surface area contributed by atoms with Gasteiger partial charge in [-0.25, -0.2) is 0 Å². The summed E-state index contributed by atoms with van der Waals surface area (Å²) in [6, 6.07) is 0. The third-order valence-electron chi connectivity index (χ3n) is 4.76. The van der Waals surface area contributed by atoms with E-state index in [0.29, 0.717) is 38.4 Å². The molecule has 0 unspecified atom stereocenters. The minimum absolute atomic E-state index is 0.314. The van der Waals surface area contributed by atoms with Gasteiger partial charge in [0.2, 0.25) is 0 Å². The highest BCUT2D eigenvalue weighted by atomic mass is 32.2. The van der Waals surface area contributed by atoms with Crippen molar-refractivity contribution >= 4 is 16.2 Å². The van der Waals surface area contributed by atoms with Crippen molar-refractivity contribution in [2.75, 3.05) is 26.7 Å². The summed E-state index contributed by atoms with van der Waals surface area (Å²) >= 11 is 0. The molecule has 0 aromatic rings. The number of carboxylic acid groups (broad SMARTS) is 1. The van der Waals surface area contributed by atoms with Gasteiger partial charge in [0.15, 0.2) is 0 Å². The molecule has 1 heterocycles. The maximum absolute atomic E-state index is 12.5. The lowest BCUT2D eigenvalue weighted by Gasteiger charge is -2.34. The van der Waals surface area contributed by atoms with Crippen LogP contribution < -0.4 is 0 Å². The zero-order valence-electron chi connectivity index (χ0n) is 12.7. The first kappa shape index (κ1) is 16.7. The molecule has 2 aliphatic rings. The number of nitrogens with zero attached hydrogens (tertiary/aromatic N) is 2. The van der Waals surface area contributed by atoms with E-state index >= 15 is 0 Å². The summed E-state index contributed by atoms with van der Waals surface area (Å²) in [5.41, 5.74) is 0. The molecule has 0 aromatic heterocycles. The predicted molar refractivity (Wildman–Crippen MR) is 80.1 cm³/mol. The molecule has 1 N–H and O–H groups in total. The number of piperidine rings is 1. The smallest absolute Gasteiger partial charge is 0.306 e. The van der Waals surface area contributed by atoms with E-state index in [1.54, 1.807) is 7.05 Å². The molecule has 1 aliphatic heterocycles. The van der Waals surface area contributed by atoms with E-state index in [-0.39, 0.29) is 0 Å². The summed E-state index contributed by atoms with van der Waals surface area (Å²) in [7, 11) is -1.79. The first-order chi connectivity index (χ1) is 9.91. The van der Waals surface area contributed by atoms with Gasteiger partial charge in [-0.3, -0.25) is 4.79 Å². The van der Waals surface area contributed by atoms with Gasteiger partial charge in [0.1, 0.15) is 0 Å². The lowest BCUT2D eigenvalue weighted by atomic mass is 9.89. The van der Waals surface area contributed by atoms with E-state index < -0.39 is 22.1 Å². The first-order valence-electron chi connectivity index (χ1n) is 7.85. The Labute approximate surface area is 127 Å². The van der Waals surface area contributed by atoms with E-state index in [1.165, 1.54) is 27.9 Å². The Morgan fingerprint density at radius 2 is 1.71 bits per heavy atom. The van der Waals surface area contributed by atoms with Crippen LogP contribution in [0.1, 0.15) is 44.9 Å². The highest BCUT2D eigenvalue weighted by molar-refractivity contribution is 7.86. The van der Waals surface area contributed by atoms with Gasteiger partial charge in [0.05, 0.1) is 5.92 Å². The normalized spacial score (nSPS) is 23.5. The van der Waals surface area contributed by atoms with Crippen LogP contribution in [0.5, 0.6) is 0 Å². The summed E-state index contributed by atoms with van der Waals surface area (Å²) in [6.45, 7) is 1.21. The molecule has 6 nitrogen and oxygen atoms in total. The highest BCUT2D eigenvalue weighted by Crippen LogP contribution is 2.26. The minimum atomic E-state index is -3.44. The second-order valence-corrected chi connectivity index (χ2v) is 8.34. The van der Waals surface area contributed by atoms with Crippen molar-refractivity contribution in [2.45, 2.75) is 44.9 Å². The zero-order chi connectivity index (χ0) is 15.5. The Morgan fingerprint density at radius 3 is 2.24 bits per heavy atom. The van der Waals surface area contributed by atoms with Gasteiger partial charge in [-0.15, -0.1) is 0 Å². The second kappa shape index (κ2) is 7.07. The number of rotatable bonds is 5. The summed E-state index contributed by atoms with van der Waals surface area (Å²) in [5, 5.41) is 8.97. The van der Waals surface area contributed by atoms with Crippen LogP contribution in [0.15, 0.2) is 0 Å². The van der Waals surface area contributed by atoms with Crippen LogP contribution >= 0.6 is 0 Å². The van der Waals surface area contributed by atoms with Gasteiger partial charge >= 0.3 is 5.97 Å². The van der Waals surface area contributed by atoms with Crippen LogP contribution in [0.3, 0.4) is 0 Å². The lowest BCUT2D eigenvalue weighted by Crippen LogP contribution is -2.47. The maximum Gasteiger partial charge on any atom is 0.306 e. The van der Waals surface area contributed by atoms with Crippen LogP contribution in [0.4, 0.5) is 0 Å². The average Bonchev–Trinajstić information content (AvgIpc) is 2.48. The van der Waals surface area contributed by atoms with Crippen molar-refractivity contribution in [2.24, 2.45) is 11.8 Å². The fraction of sp³-hybridized carbons (Fsp3) is 0.929. The number of hydrogen-bond acceptors (Lipinski definition) is 3. The molecule has 0 spiro atoms. The van der Waals surface area contributed by atoms with Gasteiger partial charge in [0, 0.05) is 26.7 Å². The van der Waals surface area contributed by atoms with Gasteiger partial charge in [-0.1, -0.05) is 19.3 Å². The van der Waals surface area contributed by atoms with Crippen LogP contribution in [0, 0.1) is 11.8 Å². The standard InChI is InChI=1S/C14H26N2O4S/c1-15(11-12-5-3-2-4-6-12)21(19,20)16-9-7-13(8-10-16)14(17)18/h12-13H,2-11H2,1H3,(H,17,18). The third kappa shape index (κ3) is 4.17. The predicted octanol–water partition coefficient (Wildman–Crippen LogP) is 1.54. The highest BCUT2D eigenvalue weighted by Gasteiger charge is 2.34. The van der Waals surface area contributed by atoms with Gasteiger partial charge in [0.25, 0.3) is 10.2 Å². The number of carbonyl (C=O) groups is 1. The quantitative estimate of drug-likeness (QED) is 0.834. The van der Waals surface area contributed by atoms with Crippen molar-refractivity contribution in [3.05, 3.63) is 0 Å². The Bertz CT molecular complexity index is 452. The molecule has 0 atom stereocenters. The van der Waals surface area contributed by atoms with Gasteiger partial charge < -0.3 is 5.11 Å². The third-order valence-corrected chi connectivity index (χ3v) is 6.72. The minimum Gasteiger partial charge on any atom is -0.481 e. The van der Waals surface area contributed by atoms with Crippen LogP contribution in [-0.4, -0.2) is 54.8 Å². The average molecular weight is 318 g/mol. The zero-order valence-corrected chi connectivity index (χ0v) is 13.5. The maximum atomic E-state index is 12.5. The summed E-state index contributed by atoms with van der Waals surface area (Å²) in [4.78, 5) is 10.9. The Balaban J connectivity index is 1.90. The largest absolute Gasteiger partial charge is 0.481 e. The molecule has 1 aliphatic carbocycles. The molecule has 1 saturated heterocycles. The van der Waals surface area contributed by atoms with E-state index in [0.717, 1.165) is 12.8 Å². The number of aliphatic carboxylic acids is 1. The Morgan fingerprint density at radius 1 is 1.14 bits per heavy atom. The molecule has 0 aromatic carbocycles. The summed E-state index contributed by atoms with van der Waals surface area (Å²) < 4.78 is 28.0. The van der Waals surface area contributed by atoms with Gasteiger partial charge in [-0.2, -0.15) is 17.0 Å². The van der Waals surface area contributed by atoms with Crippen LogP contribution in [0.2, 0.25) is 0 Å². The molecule has 0 amide bonds. The fourth-order valence-corrected chi connectivity index (χ4v) is 4.82. The Kier molecular flexibility index (Phi) is 5.62. The summed E-state index contributed by atoms with van der Waals surface area (Å²) in [5.74, 6) is -0.752. The molecule has 0 bridgehead atoms.